The third-order valence-corrected chi connectivity index (χ3v) is 1.66. The lowest BCUT2D eigenvalue weighted by Gasteiger charge is -2.05. The Morgan fingerprint density at radius 2 is 2.00 bits per heavy atom. The van der Waals surface area contributed by atoms with Crippen molar-refractivity contribution in [3.8, 4) is 0 Å². The third-order valence-electron chi connectivity index (χ3n) is 1.66. The van der Waals surface area contributed by atoms with Crippen LogP contribution in [0.5, 0.6) is 0 Å². The van der Waals surface area contributed by atoms with Crippen LogP contribution in [0.1, 0.15) is 5.56 Å². The molecule has 5 heteroatoms. The molecule has 0 spiro atoms. The molecule has 0 aliphatic rings. The molecule has 1 rings (SSSR count). The first-order valence-electron chi connectivity index (χ1n) is 3.44. The van der Waals surface area contributed by atoms with Crippen LogP contribution in [0.3, 0.4) is 0 Å². The molecule has 1 aromatic carbocycles. The van der Waals surface area contributed by atoms with Gasteiger partial charge in [0, 0.05) is 11.2 Å². The first-order valence-corrected chi connectivity index (χ1v) is 3.44. The third kappa shape index (κ3) is 1.57. The van der Waals surface area contributed by atoms with Gasteiger partial charge in [-0.1, -0.05) is 0 Å². The van der Waals surface area contributed by atoms with Crippen LogP contribution >= 0.6 is 0 Å². The lowest BCUT2D eigenvalue weighted by atomic mass is 9.79. The summed E-state index contributed by atoms with van der Waals surface area (Å²) in [6, 6.07) is 2.39. The van der Waals surface area contributed by atoms with E-state index in [1.54, 1.807) is 6.92 Å². The summed E-state index contributed by atoms with van der Waals surface area (Å²) in [5.41, 5.74) is 6.17. The molecule has 0 aliphatic heterocycles. The standard InChI is InChI=1S/C7H9BFNO2/c1-4-2-6(9)5(8(11)12)3-7(4)10/h2-3,11-12H,10H2,1H3. The van der Waals surface area contributed by atoms with Gasteiger partial charge in [0.1, 0.15) is 5.82 Å². The van der Waals surface area contributed by atoms with Gasteiger partial charge in [0.15, 0.2) is 0 Å². The van der Waals surface area contributed by atoms with Gasteiger partial charge in [0.05, 0.1) is 0 Å². The highest BCUT2D eigenvalue weighted by atomic mass is 19.1. The number of hydrogen-bond donors (Lipinski definition) is 3. The first-order chi connectivity index (χ1) is 5.52. The maximum atomic E-state index is 12.9. The van der Waals surface area contributed by atoms with Crippen LogP contribution in [0, 0.1) is 12.7 Å². The van der Waals surface area contributed by atoms with Crippen molar-refractivity contribution in [2.24, 2.45) is 0 Å². The number of rotatable bonds is 1. The van der Waals surface area contributed by atoms with E-state index < -0.39 is 12.9 Å². The molecule has 0 atom stereocenters. The summed E-state index contributed by atoms with van der Waals surface area (Å²) < 4.78 is 12.9. The van der Waals surface area contributed by atoms with Gasteiger partial charge in [-0.25, -0.2) is 4.39 Å². The summed E-state index contributed by atoms with van der Waals surface area (Å²) in [5, 5.41) is 17.4. The predicted octanol–water partition coefficient (Wildman–Crippen LogP) is -0.604. The van der Waals surface area contributed by atoms with Crippen molar-refractivity contribution in [3.63, 3.8) is 0 Å². The SMILES string of the molecule is Cc1cc(F)c(B(O)O)cc1N. The van der Waals surface area contributed by atoms with Crippen molar-refractivity contribution in [3.05, 3.63) is 23.5 Å². The van der Waals surface area contributed by atoms with E-state index in [1.165, 1.54) is 12.1 Å². The molecule has 1 aromatic rings. The number of aryl methyl sites for hydroxylation is 1. The second kappa shape index (κ2) is 3.12. The van der Waals surface area contributed by atoms with E-state index in [4.69, 9.17) is 15.8 Å². The fraction of sp³-hybridized carbons (Fsp3) is 0.143. The van der Waals surface area contributed by atoms with E-state index in [0.717, 1.165) is 0 Å². The van der Waals surface area contributed by atoms with Crippen LogP contribution < -0.4 is 11.2 Å². The van der Waals surface area contributed by atoms with E-state index in [2.05, 4.69) is 0 Å². The average Bonchev–Trinajstić information content (AvgIpc) is 1.96. The van der Waals surface area contributed by atoms with E-state index in [1.807, 2.05) is 0 Å². The summed E-state index contributed by atoms with van der Waals surface area (Å²) in [4.78, 5) is 0. The quantitative estimate of drug-likeness (QED) is 0.388. The molecule has 0 bridgehead atoms. The minimum atomic E-state index is -1.81. The first kappa shape index (κ1) is 9.03. The fourth-order valence-corrected chi connectivity index (χ4v) is 0.905. The number of nitrogen functional groups attached to an aromatic ring is 1. The molecule has 0 saturated heterocycles. The Balaban J connectivity index is 3.23. The van der Waals surface area contributed by atoms with Crippen LogP contribution in [0.15, 0.2) is 12.1 Å². The molecule has 0 radical (unpaired) electrons. The van der Waals surface area contributed by atoms with Gasteiger partial charge in [-0.2, -0.15) is 0 Å². The zero-order valence-corrected chi connectivity index (χ0v) is 6.58. The fourth-order valence-electron chi connectivity index (χ4n) is 0.905. The second-order valence-electron chi connectivity index (χ2n) is 2.60. The Hall–Kier alpha value is -1.07. The highest BCUT2D eigenvalue weighted by molar-refractivity contribution is 6.58. The van der Waals surface area contributed by atoms with Gasteiger partial charge in [0.2, 0.25) is 0 Å². The molecular weight excluding hydrogens is 160 g/mol. The normalized spacial score (nSPS) is 10.0. The Labute approximate surface area is 69.8 Å². The summed E-state index contributed by atoms with van der Waals surface area (Å²) in [6.07, 6.45) is 0. The zero-order chi connectivity index (χ0) is 9.30. The van der Waals surface area contributed by atoms with E-state index in [9.17, 15) is 4.39 Å². The number of hydrogen-bond acceptors (Lipinski definition) is 3. The Morgan fingerprint density at radius 1 is 1.42 bits per heavy atom. The Morgan fingerprint density at radius 3 is 2.50 bits per heavy atom. The van der Waals surface area contributed by atoms with Gasteiger partial charge < -0.3 is 15.8 Å². The van der Waals surface area contributed by atoms with E-state index in [-0.39, 0.29) is 5.46 Å². The highest BCUT2D eigenvalue weighted by Crippen LogP contribution is 2.09. The molecule has 64 valence electrons. The lowest BCUT2D eigenvalue weighted by Crippen LogP contribution is -2.33. The van der Waals surface area contributed by atoms with Crippen LogP contribution in [-0.2, 0) is 0 Å². The largest absolute Gasteiger partial charge is 0.491 e. The maximum absolute atomic E-state index is 12.9. The minimum absolute atomic E-state index is 0.196. The van der Waals surface area contributed by atoms with Gasteiger partial charge in [-0.05, 0) is 24.6 Å². The van der Waals surface area contributed by atoms with Crippen molar-refractivity contribution in [1.29, 1.82) is 0 Å². The summed E-state index contributed by atoms with van der Waals surface area (Å²) >= 11 is 0. The van der Waals surface area contributed by atoms with Gasteiger partial charge in [-0.3, -0.25) is 0 Å². The molecule has 0 saturated carbocycles. The number of nitrogens with two attached hydrogens (primary N) is 1. The molecular formula is C7H9BFNO2. The van der Waals surface area contributed by atoms with E-state index in [0.29, 0.717) is 11.3 Å². The van der Waals surface area contributed by atoms with Gasteiger partial charge >= 0.3 is 7.12 Å². The Kier molecular flexibility index (Phi) is 2.35. The molecule has 0 fully saturated rings. The summed E-state index contributed by atoms with van der Waals surface area (Å²) in [5.74, 6) is -0.656. The number of benzene rings is 1. The van der Waals surface area contributed by atoms with Gasteiger partial charge in [0.25, 0.3) is 0 Å². The number of anilines is 1. The maximum Gasteiger partial charge on any atom is 0.491 e. The van der Waals surface area contributed by atoms with Crippen LogP contribution in [0.2, 0.25) is 0 Å². The van der Waals surface area contributed by atoms with Crippen molar-refractivity contribution in [2.45, 2.75) is 6.92 Å². The van der Waals surface area contributed by atoms with Crippen LogP contribution in [0.25, 0.3) is 0 Å². The summed E-state index contributed by atoms with van der Waals surface area (Å²) in [7, 11) is -1.81. The van der Waals surface area contributed by atoms with Crippen molar-refractivity contribution >= 4 is 18.3 Å². The van der Waals surface area contributed by atoms with E-state index >= 15 is 0 Å². The molecule has 4 N–H and O–H groups in total. The van der Waals surface area contributed by atoms with Gasteiger partial charge in [-0.15, -0.1) is 0 Å². The molecule has 0 aromatic heterocycles. The molecule has 12 heavy (non-hydrogen) atoms. The zero-order valence-electron chi connectivity index (χ0n) is 6.58. The second-order valence-corrected chi connectivity index (χ2v) is 2.60. The smallest absolute Gasteiger partial charge is 0.423 e. The minimum Gasteiger partial charge on any atom is -0.423 e. The summed E-state index contributed by atoms with van der Waals surface area (Å²) in [6.45, 7) is 1.64. The lowest BCUT2D eigenvalue weighted by molar-refractivity contribution is 0.423. The average molecular weight is 169 g/mol. The van der Waals surface area contributed by atoms with Crippen molar-refractivity contribution in [1.82, 2.24) is 0 Å². The van der Waals surface area contributed by atoms with Crippen molar-refractivity contribution < 1.29 is 14.4 Å². The Bertz CT molecular complexity index is 304. The highest BCUT2D eigenvalue weighted by Gasteiger charge is 2.17. The number of halogens is 1. The molecule has 0 amide bonds. The molecule has 3 nitrogen and oxygen atoms in total. The van der Waals surface area contributed by atoms with Crippen molar-refractivity contribution in [2.75, 3.05) is 5.73 Å². The molecule has 0 unspecified atom stereocenters. The topological polar surface area (TPSA) is 66.5 Å². The predicted molar refractivity (Wildman–Crippen MR) is 45.4 cm³/mol. The molecule has 0 heterocycles. The monoisotopic (exact) mass is 169 g/mol. The van der Waals surface area contributed by atoms with Crippen LogP contribution in [0.4, 0.5) is 10.1 Å². The molecule has 0 aliphatic carbocycles. The van der Waals surface area contributed by atoms with Crippen LogP contribution in [-0.4, -0.2) is 17.2 Å².